The molecule has 324 valence electrons. The van der Waals surface area contributed by atoms with Crippen LogP contribution in [0.5, 0.6) is 0 Å². The average molecular weight is 781 g/mol. The van der Waals surface area contributed by atoms with Crippen LogP contribution in [0.1, 0.15) is 264 Å². The van der Waals surface area contributed by atoms with Gasteiger partial charge >= 0.3 is 23.9 Å². The van der Waals surface area contributed by atoms with Gasteiger partial charge in [-0.3, -0.25) is 19.2 Å². The van der Waals surface area contributed by atoms with E-state index in [1.165, 1.54) is 154 Å². The number of hydrogen-bond donors (Lipinski definition) is 0. The SMILES string of the molecule is CCCCCCCCCCCCCCCCCC(=O)OCOC(=O)CCCCCCCC(=O)OCOC(=O)CCCCCCCCCCCCCCCCC. The van der Waals surface area contributed by atoms with E-state index in [0.29, 0.717) is 25.7 Å². The van der Waals surface area contributed by atoms with Crippen molar-refractivity contribution in [2.75, 3.05) is 13.6 Å². The molecule has 0 aromatic carbocycles. The molecule has 0 aromatic heterocycles. The standard InChI is InChI=1S/C47H88O8/c1-3-5-7-9-11-13-15-17-19-21-23-25-27-30-34-38-44(48)52-42-54-46(50)40-36-32-29-33-37-41-47(51)55-43-53-45(49)39-35-31-28-26-24-22-20-18-16-14-12-10-8-6-4-2/h3-43H2,1-2H3. The fourth-order valence-electron chi connectivity index (χ4n) is 6.96. The molecule has 0 aliphatic carbocycles. The van der Waals surface area contributed by atoms with Crippen molar-refractivity contribution in [3.05, 3.63) is 0 Å². The predicted molar refractivity (Wildman–Crippen MR) is 226 cm³/mol. The van der Waals surface area contributed by atoms with Gasteiger partial charge in [-0.1, -0.05) is 213 Å². The van der Waals surface area contributed by atoms with Crippen molar-refractivity contribution in [2.24, 2.45) is 0 Å². The van der Waals surface area contributed by atoms with Crippen LogP contribution in [0.4, 0.5) is 0 Å². The van der Waals surface area contributed by atoms with Gasteiger partial charge in [-0.2, -0.15) is 0 Å². The molecule has 55 heavy (non-hydrogen) atoms. The lowest BCUT2D eigenvalue weighted by Gasteiger charge is -2.07. The number of hydrogen-bond acceptors (Lipinski definition) is 8. The lowest BCUT2D eigenvalue weighted by molar-refractivity contribution is -0.169. The topological polar surface area (TPSA) is 105 Å². The first-order valence-electron chi connectivity index (χ1n) is 23.6. The summed E-state index contributed by atoms with van der Waals surface area (Å²) in [5.74, 6) is -1.35. The first-order chi connectivity index (χ1) is 27.0. The number of carbonyl (C=O) groups is 4. The number of unbranched alkanes of at least 4 members (excludes halogenated alkanes) is 32. The Balaban J connectivity index is 3.40. The second-order valence-corrected chi connectivity index (χ2v) is 16.0. The van der Waals surface area contributed by atoms with Gasteiger partial charge in [0, 0.05) is 25.7 Å². The molecular formula is C47H88O8. The van der Waals surface area contributed by atoms with Crippen LogP contribution in [0, 0.1) is 0 Å². The molecule has 8 nitrogen and oxygen atoms in total. The minimum Gasteiger partial charge on any atom is -0.428 e. The highest BCUT2D eigenvalue weighted by atomic mass is 16.7. The zero-order valence-corrected chi connectivity index (χ0v) is 36.3. The minimum absolute atomic E-state index is 0.281. The van der Waals surface area contributed by atoms with Crippen molar-refractivity contribution >= 4 is 23.9 Å². The molecule has 0 heterocycles. The van der Waals surface area contributed by atoms with E-state index in [1.54, 1.807) is 0 Å². The molecule has 0 saturated heterocycles. The summed E-state index contributed by atoms with van der Waals surface area (Å²) in [6.07, 6.45) is 43.7. The molecule has 0 spiro atoms. The van der Waals surface area contributed by atoms with Crippen LogP contribution in [0.3, 0.4) is 0 Å². The fourth-order valence-corrected chi connectivity index (χ4v) is 6.96. The Labute approximate surface area is 339 Å². The lowest BCUT2D eigenvalue weighted by Crippen LogP contribution is -2.12. The van der Waals surface area contributed by atoms with Gasteiger partial charge in [-0.15, -0.1) is 0 Å². The van der Waals surface area contributed by atoms with Gasteiger partial charge in [0.25, 0.3) is 0 Å². The smallest absolute Gasteiger partial charge is 0.308 e. The van der Waals surface area contributed by atoms with Crippen molar-refractivity contribution < 1.29 is 38.1 Å². The van der Waals surface area contributed by atoms with Crippen molar-refractivity contribution in [3.63, 3.8) is 0 Å². The zero-order valence-electron chi connectivity index (χ0n) is 36.3. The summed E-state index contributed by atoms with van der Waals surface area (Å²) < 4.78 is 20.2. The Hall–Kier alpha value is -2.12. The summed E-state index contributed by atoms with van der Waals surface area (Å²) in [6.45, 7) is 3.91. The molecule has 8 heteroatoms. The highest BCUT2D eigenvalue weighted by Gasteiger charge is 2.09. The van der Waals surface area contributed by atoms with E-state index in [9.17, 15) is 19.2 Å². The van der Waals surface area contributed by atoms with Crippen LogP contribution in [0.15, 0.2) is 0 Å². The van der Waals surface area contributed by atoms with E-state index in [4.69, 9.17) is 18.9 Å². The highest BCUT2D eigenvalue weighted by molar-refractivity contribution is 5.71. The van der Waals surface area contributed by atoms with Crippen molar-refractivity contribution in [2.45, 2.75) is 264 Å². The number of rotatable bonds is 44. The van der Waals surface area contributed by atoms with Crippen molar-refractivity contribution in [1.82, 2.24) is 0 Å². The Morgan fingerprint density at radius 3 is 0.545 bits per heavy atom. The number of esters is 4. The van der Waals surface area contributed by atoms with E-state index >= 15 is 0 Å². The van der Waals surface area contributed by atoms with Crippen LogP contribution in [0.2, 0.25) is 0 Å². The zero-order chi connectivity index (χ0) is 40.1. The summed E-state index contributed by atoms with van der Waals surface area (Å²) in [6, 6.07) is 0. The summed E-state index contributed by atoms with van der Waals surface area (Å²) >= 11 is 0. The van der Waals surface area contributed by atoms with Gasteiger partial charge in [0.05, 0.1) is 0 Å². The second kappa shape index (κ2) is 44.6. The van der Waals surface area contributed by atoms with E-state index in [0.717, 1.165) is 57.8 Å². The third kappa shape index (κ3) is 44.5. The summed E-state index contributed by atoms with van der Waals surface area (Å²) in [4.78, 5) is 47.7. The molecule has 0 bridgehead atoms. The Morgan fingerprint density at radius 2 is 0.382 bits per heavy atom. The quantitative estimate of drug-likeness (QED) is 0.0342. The molecule has 0 aliphatic heterocycles. The molecular weight excluding hydrogens is 693 g/mol. The van der Waals surface area contributed by atoms with Crippen LogP contribution in [0.25, 0.3) is 0 Å². The molecule has 0 aliphatic rings. The highest BCUT2D eigenvalue weighted by Crippen LogP contribution is 2.16. The van der Waals surface area contributed by atoms with E-state index in [2.05, 4.69) is 13.8 Å². The monoisotopic (exact) mass is 781 g/mol. The third-order valence-corrected chi connectivity index (χ3v) is 10.6. The minimum atomic E-state index is -0.363. The first kappa shape index (κ1) is 52.9. The van der Waals surface area contributed by atoms with Crippen LogP contribution in [-0.2, 0) is 38.1 Å². The molecule has 0 amide bonds. The van der Waals surface area contributed by atoms with Gasteiger partial charge in [0.1, 0.15) is 0 Å². The van der Waals surface area contributed by atoms with Gasteiger partial charge in [0.2, 0.25) is 13.6 Å². The Morgan fingerprint density at radius 1 is 0.236 bits per heavy atom. The Bertz CT molecular complexity index is 792. The maximum Gasteiger partial charge on any atom is 0.308 e. The molecule has 0 aromatic rings. The van der Waals surface area contributed by atoms with E-state index in [-0.39, 0.29) is 50.3 Å². The van der Waals surface area contributed by atoms with E-state index in [1.807, 2.05) is 0 Å². The van der Waals surface area contributed by atoms with Crippen LogP contribution >= 0.6 is 0 Å². The summed E-state index contributed by atoms with van der Waals surface area (Å²) in [5.41, 5.74) is 0. The largest absolute Gasteiger partial charge is 0.428 e. The molecule has 0 N–H and O–H groups in total. The van der Waals surface area contributed by atoms with Gasteiger partial charge < -0.3 is 18.9 Å². The number of ether oxygens (including phenoxy) is 4. The van der Waals surface area contributed by atoms with Crippen LogP contribution < -0.4 is 0 Å². The second-order valence-electron chi connectivity index (χ2n) is 16.0. The molecule has 0 unspecified atom stereocenters. The lowest BCUT2D eigenvalue weighted by atomic mass is 10.0. The van der Waals surface area contributed by atoms with E-state index < -0.39 is 0 Å². The maximum atomic E-state index is 11.9. The normalized spacial score (nSPS) is 11.1. The van der Waals surface area contributed by atoms with Gasteiger partial charge in [0.15, 0.2) is 0 Å². The average Bonchev–Trinajstić information content (AvgIpc) is 3.17. The third-order valence-electron chi connectivity index (χ3n) is 10.6. The van der Waals surface area contributed by atoms with Crippen molar-refractivity contribution in [3.8, 4) is 0 Å². The molecule has 0 fully saturated rings. The summed E-state index contributed by atoms with van der Waals surface area (Å²) in [5, 5.41) is 0. The maximum absolute atomic E-state index is 11.9. The number of carbonyl (C=O) groups excluding carboxylic acids is 4. The molecule has 0 rings (SSSR count). The summed E-state index contributed by atoms with van der Waals surface area (Å²) in [7, 11) is 0. The fraction of sp³-hybridized carbons (Fsp3) is 0.915. The first-order valence-corrected chi connectivity index (χ1v) is 23.6. The van der Waals surface area contributed by atoms with Crippen molar-refractivity contribution in [1.29, 1.82) is 0 Å². The predicted octanol–water partition coefficient (Wildman–Crippen LogP) is 14.3. The van der Waals surface area contributed by atoms with Gasteiger partial charge in [-0.25, -0.2) is 0 Å². The molecule has 0 saturated carbocycles. The van der Waals surface area contributed by atoms with Crippen LogP contribution in [-0.4, -0.2) is 37.5 Å². The molecule has 0 atom stereocenters. The Kier molecular flexibility index (Phi) is 42.9. The molecule has 0 radical (unpaired) electrons. The van der Waals surface area contributed by atoms with Gasteiger partial charge in [-0.05, 0) is 25.7 Å².